The second-order valence-corrected chi connectivity index (χ2v) is 5.69. The van der Waals surface area contributed by atoms with Gasteiger partial charge >= 0.3 is 0 Å². The first-order valence-corrected chi connectivity index (χ1v) is 7.48. The lowest BCUT2D eigenvalue weighted by Gasteiger charge is -2.05. The number of rotatable bonds is 5. The van der Waals surface area contributed by atoms with Crippen LogP contribution in [0.15, 0.2) is 59.6 Å². The maximum atomic E-state index is 6.35. The van der Waals surface area contributed by atoms with Crippen molar-refractivity contribution in [3.63, 3.8) is 0 Å². The van der Waals surface area contributed by atoms with Crippen molar-refractivity contribution in [2.45, 2.75) is 33.1 Å². The van der Waals surface area contributed by atoms with E-state index in [2.05, 4.69) is 68.5 Å². The molecule has 0 heterocycles. The Hall–Kier alpha value is -1.53. The molecule has 0 aromatic heterocycles. The lowest BCUT2D eigenvalue weighted by atomic mass is 10.0. The smallest absolute Gasteiger partial charge is 0.0147 e. The molecule has 0 aliphatic carbocycles. The van der Waals surface area contributed by atoms with Crippen molar-refractivity contribution in [1.29, 1.82) is 0 Å². The predicted molar refractivity (Wildman–Crippen MR) is 88.3 cm³/mol. The van der Waals surface area contributed by atoms with Crippen LogP contribution < -0.4 is 0 Å². The Kier molecular flexibility index (Phi) is 5.43. The summed E-state index contributed by atoms with van der Waals surface area (Å²) in [5.74, 6) is 0. The highest BCUT2D eigenvalue weighted by molar-refractivity contribution is 6.29. The van der Waals surface area contributed by atoms with E-state index < -0.39 is 0 Å². The minimum atomic E-state index is 0.915. The van der Waals surface area contributed by atoms with Gasteiger partial charge in [-0.3, -0.25) is 0 Å². The molecule has 2 aromatic rings. The molecule has 0 nitrogen and oxygen atoms in total. The van der Waals surface area contributed by atoms with E-state index in [1.165, 1.54) is 22.3 Å². The Balaban J connectivity index is 1.92. The Morgan fingerprint density at radius 3 is 2.05 bits per heavy atom. The minimum Gasteiger partial charge on any atom is -0.0895 e. The summed E-state index contributed by atoms with van der Waals surface area (Å²) < 4.78 is 0. The van der Waals surface area contributed by atoms with E-state index in [1.807, 2.05) is 0 Å². The number of hydrogen-bond donors (Lipinski definition) is 0. The molecule has 104 valence electrons. The second-order valence-electron chi connectivity index (χ2n) is 5.21. The summed E-state index contributed by atoms with van der Waals surface area (Å²) in [6, 6.07) is 17.0. The lowest BCUT2D eigenvalue weighted by Crippen LogP contribution is -1.91. The summed E-state index contributed by atoms with van der Waals surface area (Å²) in [5.41, 5.74) is 5.40. The zero-order chi connectivity index (χ0) is 14.4. The average molecular weight is 285 g/mol. The normalized spacial score (nSPS) is 11.7. The summed E-state index contributed by atoms with van der Waals surface area (Å²) in [7, 11) is 0. The average Bonchev–Trinajstić information content (AvgIpc) is 2.45. The van der Waals surface area contributed by atoms with Gasteiger partial charge in [0.1, 0.15) is 0 Å². The van der Waals surface area contributed by atoms with Crippen LogP contribution in [-0.2, 0) is 12.8 Å². The van der Waals surface area contributed by atoms with E-state index in [0.29, 0.717) is 0 Å². The molecule has 0 aliphatic heterocycles. The van der Waals surface area contributed by atoms with Crippen LogP contribution in [0.5, 0.6) is 0 Å². The highest BCUT2D eigenvalue weighted by atomic mass is 35.5. The van der Waals surface area contributed by atoms with Gasteiger partial charge in [-0.2, -0.15) is 0 Å². The van der Waals surface area contributed by atoms with Crippen LogP contribution in [0.1, 0.15) is 28.7 Å². The summed E-state index contributed by atoms with van der Waals surface area (Å²) in [6.45, 7) is 4.30. The van der Waals surface area contributed by atoms with Crippen LogP contribution in [0, 0.1) is 13.8 Å². The van der Waals surface area contributed by atoms with Crippen molar-refractivity contribution < 1.29 is 0 Å². The fourth-order valence-electron chi connectivity index (χ4n) is 2.31. The third-order valence-electron chi connectivity index (χ3n) is 3.70. The second kappa shape index (κ2) is 7.31. The summed E-state index contributed by atoms with van der Waals surface area (Å²) in [4.78, 5) is 0. The van der Waals surface area contributed by atoms with Crippen LogP contribution in [0.2, 0.25) is 0 Å². The van der Waals surface area contributed by atoms with Gasteiger partial charge in [0.2, 0.25) is 0 Å². The molecule has 2 aromatic carbocycles. The summed E-state index contributed by atoms with van der Waals surface area (Å²) in [5, 5.41) is 0.955. The highest BCUT2D eigenvalue weighted by Crippen LogP contribution is 2.17. The third kappa shape index (κ3) is 4.25. The molecule has 0 atom stereocenters. The van der Waals surface area contributed by atoms with Gasteiger partial charge in [0.25, 0.3) is 0 Å². The number of aryl methyl sites for hydroxylation is 3. The molecule has 0 aliphatic rings. The van der Waals surface area contributed by atoms with Crippen LogP contribution in [-0.4, -0.2) is 0 Å². The van der Waals surface area contributed by atoms with Crippen molar-refractivity contribution in [2.75, 3.05) is 0 Å². The third-order valence-corrected chi connectivity index (χ3v) is 4.04. The molecular weight excluding hydrogens is 264 g/mol. The molecule has 0 saturated heterocycles. The lowest BCUT2D eigenvalue weighted by molar-refractivity contribution is 0.965. The number of allylic oxidation sites excluding steroid dienone is 2. The summed E-state index contributed by atoms with van der Waals surface area (Å²) in [6.07, 6.45) is 4.98. The van der Waals surface area contributed by atoms with E-state index in [-0.39, 0.29) is 0 Å². The van der Waals surface area contributed by atoms with Gasteiger partial charge in [-0.15, -0.1) is 0 Å². The molecule has 0 unspecified atom stereocenters. The molecule has 0 radical (unpaired) electrons. The van der Waals surface area contributed by atoms with Gasteiger partial charge < -0.3 is 0 Å². The first kappa shape index (κ1) is 14.9. The van der Waals surface area contributed by atoms with E-state index >= 15 is 0 Å². The molecule has 0 N–H and O–H groups in total. The molecule has 0 spiro atoms. The monoisotopic (exact) mass is 284 g/mol. The van der Waals surface area contributed by atoms with Gasteiger partial charge in [-0.25, -0.2) is 0 Å². The van der Waals surface area contributed by atoms with Crippen LogP contribution in [0.25, 0.3) is 0 Å². The van der Waals surface area contributed by atoms with E-state index in [4.69, 9.17) is 11.6 Å². The topological polar surface area (TPSA) is 0 Å². The van der Waals surface area contributed by atoms with E-state index in [9.17, 15) is 0 Å². The van der Waals surface area contributed by atoms with Gasteiger partial charge in [0.15, 0.2) is 0 Å². The van der Waals surface area contributed by atoms with Gasteiger partial charge in [-0.1, -0.05) is 66.2 Å². The quantitative estimate of drug-likeness (QED) is 0.670. The maximum Gasteiger partial charge on any atom is 0.0147 e. The standard InChI is InChI=1S/C19H21Cl/c1-15-7-3-5-9-17(15)11-13-19(20)14-12-18-10-6-4-8-16(18)2/h3-10,13H,11-12,14H2,1-2H3/b19-13-. The van der Waals surface area contributed by atoms with Crippen molar-refractivity contribution in [3.05, 3.63) is 81.9 Å². The van der Waals surface area contributed by atoms with E-state index in [0.717, 1.165) is 24.3 Å². The zero-order valence-electron chi connectivity index (χ0n) is 12.2. The fraction of sp³-hybridized carbons (Fsp3) is 0.263. The van der Waals surface area contributed by atoms with Crippen LogP contribution >= 0.6 is 11.6 Å². The minimum absolute atomic E-state index is 0.915. The Bertz CT molecular complexity index is 596. The summed E-state index contributed by atoms with van der Waals surface area (Å²) >= 11 is 6.35. The Labute approximate surface area is 127 Å². The number of halogens is 1. The highest BCUT2D eigenvalue weighted by Gasteiger charge is 2.00. The Morgan fingerprint density at radius 1 is 0.900 bits per heavy atom. The van der Waals surface area contributed by atoms with Crippen molar-refractivity contribution in [1.82, 2.24) is 0 Å². The Morgan fingerprint density at radius 2 is 1.45 bits per heavy atom. The van der Waals surface area contributed by atoms with Crippen molar-refractivity contribution in [2.24, 2.45) is 0 Å². The SMILES string of the molecule is Cc1ccccc1C/C=C(\Cl)CCc1ccccc1C. The van der Waals surface area contributed by atoms with Gasteiger partial charge in [-0.05, 0) is 55.4 Å². The fourth-order valence-corrected chi connectivity index (χ4v) is 2.48. The van der Waals surface area contributed by atoms with Crippen molar-refractivity contribution >= 4 is 11.6 Å². The molecule has 0 saturated carbocycles. The molecule has 0 fully saturated rings. The first-order valence-electron chi connectivity index (χ1n) is 7.10. The first-order chi connectivity index (χ1) is 9.66. The molecule has 0 bridgehead atoms. The molecular formula is C19H21Cl. The largest absolute Gasteiger partial charge is 0.0895 e. The maximum absolute atomic E-state index is 6.35. The molecule has 2 rings (SSSR count). The van der Waals surface area contributed by atoms with Gasteiger partial charge in [0, 0.05) is 5.03 Å². The molecule has 0 amide bonds. The molecule has 20 heavy (non-hydrogen) atoms. The molecule has 1 heteroatoms. The number of benzene rings is 2. The van der Waals surface area contributed by atoms with Gasteiger partial charge in [0.05, 0.1) is 0 Å². The number of hydrogen-bond acceptors (Lipinski definition) is 0. The predicted octanol–water partition coefficient (Wildman–Crippen LogP) is 5.60. The zero-order valence-corrected chi connectivity index (χ0v) is 13.0. The van der Waals surface area contributed by atoms with E-state index in [1.54, 1.807) is 0 Å². The van der Waals surface area contributed by atoms with Crippen LogP contribution in [0.3, 0.4) is 0 Å². The van der Waals surface area contributed by atoms with Crippen molar-refractivity contribution in [3.8, 4) is 0 Å². The van der Waals surface area contributed by atoms with Crippen LogP contribution in [0.4, 0.5) is 0 Å².